The summed E-state index contributed by atoms with van der Waals surface area (Å²) < 4.78 is 31.6. The zero-order valence-electron chi connectivity index (χ0n) is 8.18. The van der Waals surface area contributed by atoms with Crippen LogP contribution in [0, 0.1) is 0 Å². The van der Waals surface area contributed by atoms with Gasteiger partial charge < -0.3 is 11.5 Å². The maximum absolute atomic E-state index is 8.74. The minimum absolute atomic E-state index is 0.113. The molecule has 0 atom stereocenters. The Morgan fingerprint density at radius 3 is 2.12 bits per heavy atom. The van der Waals surface area contributed by atoms with Crippen LogP contribution in [0.15, 0.2) is 29.5 Å². The molecule has 0 aliphatic heterocycles. The van der Waals surface area contributed by atoms with Gasteiger partial charge in [0.05, 0.1) is 6.54 Å². The van der Waals surface area contributed by atoms with Crippen molar-refractivity contribution in [2.45, 2.75) is 6.54 Å². The van der Waals surface area contributed by atoms with Crippen LogP contribution in [0.4, 0.5) is 0 Å². The normalized spacial score (nSPS) is 9.88. The molecule has 0 saturated carbocycles. The first kappa shape index (κ1) is 14.3. The number of nitrogens with zero attached hydrogens (tertiary/aromatic N) is 2. The van der Waals surface area contributed by atoms with E-state index in [9.17, 15) is 0 Å². The van der Waals surface area contributed by atoms with Crippen LogP contribution in [0.1, 0.15) is 5.56 Å². The fourth-order valence-corrected chi connectivity index (χ4v) is 0.671. The molecule has 1 heterocycles. The first-order valence-electron chi connectivity index (χ1n) is 3.93. The molecule has 90 valence electrons. The minimum Gasteiger partial charge on any atom is -0.370 e. The van der Waals surface area contributed by atoms with E-state index < -0.39 is 10.4 Å². The molecule has 1 aromatic heterocycles. The highest BCUT2D eigenvalue weighted by molar-refractivity contribution is 7.79. The van der Waals surface area contributed by atoms with Gasteiger partial charge in [-0.05, 0) is 17.7 Å². The van der Waals surface area contributed by atoms with Gasteiger partial charge >= 0.3 is 10.4 Å². The minimum atomic E-state index is -4.67. The lowest BCUT2D eigenvalue weighted by Crippen LogP contribution is -2.22. The van der Waals surface area contributed by atoms with Crippen molar-refractivity contribution in [3.05, 3.63) is 30.1 Å². The van der Waals surface area contributed by atoms with Crippen LogP contribution in [-0.4, -0.2) is 28.5 Å². The number of aromatic nitrogens is 1. The van der Waals surface area contributed by atoms with Crippen LogP contribution in [0.3, 0.4) is 0 Å². The van der Waals surface area contributed by atoms with Gasteiger partial charge in [0.15, 0.2) is 5.96 Å². The van der Waals surface area contributed by atoms with E-state index >= 15 is 0 Å². The summed E-state index contributed by atoms with van der Waals surface area (Å²) in [6.45, 7) is 0.519. The molecule has 9 heteroatoms. The number of guanidine groups is 1. The third kappa shape index (κ3) is 12.3. The van der Waals surface area contributed by atoms with E-state index in [1.165, 1.54) is 0 Å². The van der Waals surface area contributed by atoms with Crippen molar-refractivity contribution < 1.29 is 17.5 Å². The zero-order chi connectivity index (χ0) is 12.6. The molecule has 0 unspecified atom stereocenters. The number of nitrogens with two attached hydrogens (primary N) is 2. The molecule has 0 saturated heterocycles. The molecule has 0 radical (unpaired) electrons. The number of aliphatic imine (C=N–C) groups is 1. The molecule has 0 bridgehead atoms. The van der Waals surface area contributed by atoms with Gasteiger partial charge in [0.25, 0.3) is 0 Å². The van der Waals surface area contributed by atoms with Crippen LogP contribution in [0.2, 0.25) is 0 Å². The van der Waals surface area contributed by atoms with E-state index in [1.54, 1.807) is 12.4 Å². The maximum Gasteiger partial charge on any atom is 0.394 e. The van der Waals surface area contributed by atoms with Crippen LogP contribution in [0.5, 0.6) is 0 Å². The molecule has 0 aliphatic carbocycles. The third-order valence-corrected chi connectivity index (χ3v) is 1.19. The van der Waals surface area contributed by atoms with Gasteiger partial charge in [0.1, 0.15) is 0 Å². The fourth-order valence-electron chi connectivity index (χ4n) is 0.671. The van der Waals surface area contributed by atoms with Crippen LogP contribution in [0.25, 0.3) is 0 Å². The third-order valence-electron chi connectivity index (χ3n) is 1.19. The van der Waals surface area contributed by atoms with Crippen molar-refractivity contribution >= 4 is 16.4 Å². The monoisotopic (exact) mass is 248 g/mol. The topological polar surface area (TPSA) is 152 Å². The van der Waals surface area contributed by atoms with Gasteiger partial charge in [-0.3, -0.25) is 14.1 Å². The standard InChI is InChI=1S/C7H10N4.H2O4S/c8-7(9)11-5-6-1-3-10-4-2-6;1-5(2,3)4/h1-4H,5H2,(H4,8,9,11);(H2,1,2,3,4). The molecule has 0 spiro atoms. The summed E-state index contributed by atoms with van der Waals surface area (Å²) in [5, 5.41) is 0. The highest BCUT2D eigenvalue weighted by Gasteiger charge is 1.87. The van der Waals surface area contributed by atoms with Crippen LogP contribution < -0.4 is 11.5 Å². The summed E-state index contributed by atoms with van der Waals surface area (Å²) in [6.07, 6.45) is 3.41. The van der Waals surface area contributed by atoms with Gasteiger partial charge in [0.2, 0.25) is 0 Å². The van der Waals surface area contributed by atoms with E-state index in [0.29, 0.717) is 6.54 Å². The Labute approximate surface area is 92.6 Å². The molecule has 0 fully saturated rings. The Bertz CT molecular complexity index is 419. The summed E-state index contributed by atoms with van der Waals surface area (Å²) in [4.78, 5) is 7.70. The SMILES string of the molecule is NC(N)=NCc1ccncc1.O=S(=O)(O)O. The Kier molecular flexibility index (Phi) is 6.00. The van der Waals surface area contributed by atoms with Gasteiger partial charge in [-0.15, -0.1) is 0 Å². The second kappa shape index (κ2) is 6.71. The molecule has 0 aromatic carbocycles. The highest BCUT2D eigenvalue weighted by atomic mass is 32.3. The number of pyridine rings is 1. The van der Waals surface area contributed by atoms with Crippen molar-refractivity contribution in [1.29, 1.82) is 0 Å². The van der Waals surface area contributed by atoms with E-state index in [-0.39, 0.29) is 5.96 Å². The van der Waals surface area contributed by atoms with E-state index in [4.69, 9.17) is 29.0 Å². The quantitative estimate of drug-likeness (QED) is 0.303. The van der Waals surface area contributed by atoms with Crippen molar-refractivity contribution in [1.82, 2.24) is 4.98 Å². The summed E-state index contributed by atoms with van der Waals surface area (Å²) in [5.41, 5.74) is 11.4. The molecule has 16 heavy (non-hydrogen) atoms. The van der Waals surface area contributed by atoms with E-state index in [1.807, 2.05) is 12.1 Å². The summed E-state index contributed by atoms with van der Waals surface area (Å²) in [5.74, 6) is 0.113. The van der Waals surface area contributed by atoms with E-state index in [0.717, 1.165) is 5.56 Å². The predicted octanol–water partition coefficient (Wildman–Crippen LogP) is -0.798. The smallest absolute Gasteiger partial charge is 0.370 e. The van der Waals surface area contributed by atoms with Crippen molar-refractivity contribution in [3.63, 3.8) is 0 Å². The predicted molar refractivity (Wildman–Crippen MR) is 57.9 cm³/mol. The lowest BCUT2D eigenvalue weighted by Gasteiger charge is -1.94. The molecule has 0 aliphatic rings. The van der Waals surface area contributed by atoms with Gasteiger partial charge in [-0.2, -0.15) is 8.42 Å². The molecular weight excluding hydrogens is 236 g/mol. The Hall–Kier alpha value is -1.71. The fraction of sp³-hybridized carbons (Fsp3) is 0.143. The molecule has 0 amide bonds. The number of hydrogen-bond acceptors (Lipinski definition) is 4. The zero-order valence-corrected chi connectivity index (χ0v) is 9.00. The lowest BCUT2D eigenvalue weighted by molar-refractivity contribution is 0.381. The number of hydrogen-bond donors (Lipinski definition) is 4. The molecule has 8 nitrogen and oxygen atoms in total. The van der Waals surface area contributed by atoms with Crippen molar-refractivity contribution in [2.24, 2.45) is 16.5 Å². The average Bonchev–Trinajstić information content (AvgIpc) is 2.14. The molecular formula is C7H12N4O4S. The van der Waals surface area contributed by atoms with Crippen LogP contribution >= 0.6 is 0 Å². The molecule has 6 N–H and O–H groups in total. The molecule has 1 aromatic rings. The van der Waals surface area contributed by atoms with E-state index in [2.05, 4.69) is 9.98 Å². The Morgan fingerprint density at radius 1 is 1.31 bits per heavy atom. The molecule has 1 rings (SSSR count). The maximum atomic E-state index is 8.74. The largest absolute Gasteiger partial charge is 0.394 e. The van der Waals surface area contributed by atoms with Crippen molar-refractivity contribution in [2.75, 3.05) is 0 Å². The van der Waals surface area contributed by atoms with Crippen molar-refractivity contribution in [3.8, 4) is 0 Å². The highest BCUT2D eigenvalue weighted by Crippen LogP contribution is 1.96. The average molecular weight is 248 g/mol. The van der Waals surface area contributed by atoms with Gasteiger partial charge in [0, 0.05) is 12.4 Å². The number of rotatable bonds is 2. The second-order valence-electron chi connectivity index (χ2n) is 2.54. The lowest BCUT2D eigenvalue weighted by atomic mass is 10.3. The summed E-state index contributed by atoms with van der Waals surface area (Å²) >= 11 is 0. The van der Waals surface area contributed by atoms with Gasteiger partial charge in [-0.25, -0.2) is 4.99 Å². The van der Waals surface area contributed by atoms with Gasteiger partial charge in [-0.1, -0.05) is 0 Å². The first-order chi connectivity index (χ1) is 7.29. The Morgan fingerprint density at radius 2 is 1.75 bits per heavy atom. The summed E-state index contributed by atoms with van der Waals surface area (Å²) in [7, 11) is -4.67. The Balaban J connectivity index is 0.000000385. The van der Waals surface area contributed by atoms with Crippen LogP contribution in [-0.2, 0) is 16.9 Å². The summed E-state index contributed by atoms with van der Waals surface area (Å²) in [6, 6.07) is 3.74. The second-order valence-corrected chi connectivity index (χ2v) is 3.44. The first-order valence-corrected chi connectivity index (χ1v) is 5.33.